The summed E-state index contributed by atoms with van der Waals surface area (Å²) in [7, 11) is 4.08. The van der Waals surface area contributed by atoms with Crippen LogP contribution in [0.1, 0.15) is 29.8 Å². The fourth-order valence-corrected chi connectivity index (χ4v) is 3.49. The Labute approximate surface area is 178 Å². The van der Waals surface area contributed by atoms with Crippen LogP contribution in [0.3, 0.4) is 0 Å². The highest BCUT2D eigenvalue weighted by atomic mass is 16.1. The van der Waals surface area contributed by atoms with Gasteiger partial charge in [0.05, 0.1) is 0 Å². The number of nitrogens with zero attached hydrogens (tertiary/aromatic N) is 4. The second-order valence-corrected chi connectivity index (χ2v) is 8.28. The molecule has 0 bridgehead atoms. The largest absolute Gasteiger partial charge is 0.351 e. The van der Waals surface area contributed by atoms with Gasteiger partial charge >= 0.3 is 0 Å². The molecule has 0 spiro atoms. The van der Waals surface area contributed by atoms with Gasteiger partial charge in [0.15, 0.2) is 5.82 Å². The highest BCUT2D eigenvalue weighted by molar-refractivity contribution is 5.94. The van der Waals surface area contributed by atoms with Crippen molar-refractivity contribution in [1.29, 1.82) is 0 Å². The molecular formula is C24H29N5O. The predicted octanol–water partition coefficient (Wildman–Crippen LogP) is 3.70. The number of aromatic nitrogens is 3. The number of hydrogen-bond donors (Lipinski definition) is 1. The third-order valence-corrected chi connectivity index (χ3v) is 5.37. The summed E-state index contributed by atoms with van der Waals surface area (Å²) in [6, 6.07) is 11.9. The molecule has 6 nitrogen and oxygen atoms in total. The number of carbonyl (C=O) groups is 1. The fourth-order valence-electron chi connectivity index (χ4n) is 3.49. The second kappa shape index (κ2) is 9.22. The third kappa shape index (κ3) is 5.13. The van der Waals surface area contributed by atoms with E-state index in [2.05, 4.69) is 30.9 Å². The Balaban J connectivity index is 1.51. The Hall–Kier alpha value is -2.99. The van der Waals surface area contributed by atoms with Crippen molar-refractivity contribution in [1.82, 2.24) is 24.8 Å². The van der Waals surface area contributed by atoms with Gasteiger partial charge in [0, 0.05) is 48.4 Å². The average Bonchev–Trinajstić information content (AvgIpc) is 3.48. The maximum atomic E-state index is 12.8. The lowest BCUT2D eigenvalue weighted by Gasteiger charge is -2.11. The molecule has 2 aromatic heterocycles. The molecule has 0 radical (unpaired) electrons. The minimum absolute atomic E-state index is 0.0116. The van der Waals surface area contributed by atoms with Gasteiger partial charge in [-0.25, -0.2) is 9.97 Å². The summed E-state index contributed by atoms with van der Waals surface area (Å²) in [5, 5.41) is 3.07. The Kier molecular flexibility index (Phi) is 6.23. The molecule has 6 heteroatoms. The smallest absolute Gasteiger partial charge is 0.267 e. The highest BCUT2D eigenvalue weighted by Crippen LogP contribution is 2.32. The number of amides is 1. The number of nitrogens with one attached hydrogen (secondary N) is 1. The molecule has 1 aliphatic carbocycles. The van der Waals surface area contributed by atoms with E-state index in [9.17, 15) is 4.79 Å². The van der Waals surface area contributed by atoms with Crippen molar-refractivity contribution in [3.05, 3.63) is 60.7 Å². The van der Waals surface area contributed by atoms with E-state index in [1.807, 2.05) is 62.9 Å². The van der Waals surface area contributed by atoms with Crippen LogP contribution in [0.5, 0.6) is 0 Å². The van der Waals surface area contributed by atoms with Crippen molar-refractivity contribution in [3.8, 4) is 22.5 Å². The van der Waals surface area contributed by atoms with Crippen LogP contribution in [0.25, 0.3) is 22.5 Å². The number of carbonyl (C=O) groups excluding carboxylic acids is 1. The predicted molar refractivity (Wildman–Crippen MR) is 119 cm³/mol. The lowest BCUT2D eigenvalue weighted by molar-refractivity contribution is 0.0942. The van der Waals surface area contributed by atoms with E-state index in [1.54, 1.807) is 0 Å². The molecule has 3 aromatic rings. The molecule has 30 heavy (non-hydrogen) atoms. The molecule has 4 rings (SSSR count). The summed E-state index contributed by atoms with van der Waals surface area (Å²) in [5.41, 5.74) is 3.61. The van der Waals surface area contributed by atoms with Crippen LogP contribution >= 0.6 is 0 Å². The quantitative estimate of drug-likeness (QED) is 0.554. The van der Waals surface area contributed by atoms with Crippen LogP contribution < -0.4 is 5.32 Å². The maximum Gasteiger partial charge on any atom is 0.267 e. The molecule has 1 fully saturated rings. The lowest BCUT2D eigenvalue weighted by Crippen LogP contribution is -2.28. The number of rotatable bonds is 9. The Morgan fingerprint density at radius 2 is 1.83 bits per heavy atom. The molecular weight excluding hydrogens is 374 g/mol. The summed E-state index contributed by atoms with van der Waals surface area (Å²) < 4.78 is 2.10. The van der Waals surface area contributed by atoms with E-state index in [0.29, 0.717) is 24.0 Å². The molecule has 1 saturated carbocycles. The first-order valence-corrected chi connectivity index (χ1v) is 10.6. The summed E-state index contributed by atoms with van der Waals surface area (Å²) in [6.07, 6.45) is 9.16. The van der Waals surface area contributed by atoms with Crippen molar-refractivity contribution in [2.24, 2.45) is 5.92 Å². The van der Waals surface area contributed by atoms with E-state index in [4.69, 9.17) is 0 Å². The lowest BCUT2D eigenvalue weighted by atomic mass is 10.1. The first-order valence-electron chi connectivity index (χ1n) is 10.6. The standard InChI is InChI=1S/C24H29N5O/c1-28(2)12-6-11-25-24(30)22-13-20(17-29(22)16-18-9-10-18)21-14-26-23(27-15-21)19-7-4-3-5-8-19/h3-5,7-8,13-15,17-18H,6,9-12,16H2,1-2H3,(H,25,30). The molecule has 0 unspecified atom stereocenters. The first kappa shape index (κ1) is 20.3. The van der Waals surface area contributed by atoms with Gasteiger partial charge in [0.25, 0.3) is 5.91 Å². The van der Waals surface area contributed by atoms with Crippen molar-refractivity contribution < 1.29 is 4.79 Å². The zero-order valence-electron chi connectivity index (χ0n) is 17.7. The summed E-state index contributed by atoms with van der Waals surface area (Å²) in [4.78, 5) is 24.0. The Bertz CT molecular complexity index is 975. The van der Waals surface area contributed by atoms with Crippen LogP contribution in [0.2, 0.25) is 0 Å². The van der Waals surface area contributed by atoms with E-state index in [0.717, 1.165) is 36.2 Å². The van der Waals surface area contributed by atoms with Gasteiger partial charge in [0.2, 0.25) is 0 Å². The minimum atomic E-state index is -0.0116. The van der Waals surface area contributed by atoms with Gasteiger partial charge in [-0.1, -0.05) is 30.3 Å². The number of hydrogen-bond acceptors (Lipinski definition) is 4. The number of benzene rings is 1. The van der Waals surface area contributed by atoms with Crippen molar-refractivity contribution in [2.45, 2.75) is 25.8 Å². The van der Waals surface area contributed by atoms with E-state index in [-0.39, 0.29) is 5.91 Å². The zero-order valence-corrected chi connectivity index (χ0v) is 17.7. The molecule has 0 atom stereocenters. The van der Waals surface area contributed by atoms with E-state index >= 15 is 0 Å². The summed E-state index contributed by atoms with van der Waals surface area (Å²) in [5.74, 6) is 1.38. The van der Waals surface area contributed by atoms with Crippen molar-refractivity contribution in [3.63, 3.8) is 0 Å². The topological polar surface area (TPSA) is 63.1 Å². The molecule has 0 saturated heterocycles. The van der Waals surface area contributed by atoms with E-state index in [1.165, 1.54) is 12.8 Å². The molecule has 1 N–H and O–H groups in total. The summed E-state index contributed by atoms with van der Waals surface area (Å²) in [6.45, 7) is 2.53. The van der Waals surface area contributed by atoms with Gasteiger partial charge in [-0.15, -0.1) is 0 Å². The maximum absolute atomic E-state index is 12.8. The minimum Gasteiger partial charge on any atom is -0.351 e. The molecule has 156 valence electrons. The first-order chi connectivity index (χ1) is 14.6. The summed E-state index contributed by atoms with van der Waals surface area (Å²) >= 11 is 0. The Morgan fingerprint density at radius 3 is 2.50 bits per heavy atom. The highest BCUT2D eigenvalue weighted by Gasteiger charge is 2.24. The van der Waals surface area contributed by atoms with Gasteiger partial charge in [-0.3, -0.25) is 4.79 Å². The van der Waals surface area contributed by atoms with Gasteiger partial charge in [0.1, 0.15) is 5.69 Å². The average molecular weight is 404 g/mol. The van der Waals surface area contributed by atoms with Gasteiger partial charge in [-0.05, 0) is 51.9 Å². The zero-order chi connectivity index (χ0) is 20.9. The van der Waals surface area contributed by atoms with Crippen molar-refractivity contribution >= 4 is 5.91 Å². The third-order valence-electron chi connectivity index (χ3n) is 5.37. The molecule has 1 aliphatic rings. The monoisotopic (exact) mass is 403 g/mol. The van der Waals surface area contributed by atoms with Crippen LogP contribution in [0, 0.1) is 5.92 Å². The van der Waals surface area contributed by atoms with Crippen molar-refractivity contribution in [2.75, 3.05) is 27.2 Å². The Morgan fingerprint density at radius 1 is 1.10 bits per heavy atom. The van der Waals surface area contributed by atoms with E-state index < -0.39 is 0 Å². The second-order valence-electron chi connectivity index (χ2n) is 8.28. The molecule has 1 amide bonds. The fraction of sp³-hybridized carbons (Fsp3) is 0.375. The molecule has 0 aliphatic heterocycles. The van der Waals surface area contributed by atoms with Crippen LogP contribution in [0.15, 0.2) is 55.0 Å². The normalized spacial score (nSPS) is 13.6. The van der Waals surface area contributed by atoms with Crippen LogP contribution in [-0.4, -0.2) is 52.5 Å². The van der Waals surface area contributed by atoms with Gasteiger partial charge < -0.3 is 14.8 Å². The van der Waals surface area contributed by atoms with Crippen LogP contribution in [0.4, 0.5) is 0 Å². The SMILES string of the molecule is CN(C)CCCNC(=O)c1cc(-c2cnc(-c3ccccc3)nc2)cn1CC1CC1. The van der Waals surface area contributed by atoms with Gasteiger partial charge in [-0.2, -0.15) is 0 Å². The van der Waals surface area contributed by atoms with Crippen LogP contribution in [-0.2, 0) is 6.54 Å². The molecule has 1 aromatic carbocycles. The molecule has 2 heterocycles.